The smallest absolute Gasteiger partial charge is 0.231 e. The van der Waals surface area contributed by atoms with Crippen LogP contribution in [0.15, 0.2) is 0 Å². The molecule has 0 saturated carbocycles. The van der Waals surface area contributed by atoms with Crippen LogP contribution in [0.2, 0.25) is 0 Å². The zero-order valence-corrected chi connectivity index (χ0v) is 13.4. The number of rotatable bonds is 7. The van der Waals surface area contributed by atoms with E-state index >= 15 is 0 Å². The van der Waals surface area contributed by atoms with Crippen LogP contribution in [-0.2, 0) is 4.74 Å². The van der Waals surface area contributed by atoms with Gasteiger partial charge in [0, 0.05) is 33.3 Å². The second kappa shape index (κ2) is 6.89. The lowest BCUT2D eigenvalue weighted by Gasteiger charge is -2.23. The molecule has 0 bridgehead atoms. The SMILES string of the molecule is CCNc1nc(NCC(C)(C)OC)nc(N2CCCC2)n1. The van der Waals surface area contributed by atoms with Crippen LogP contribution in [0.25, 0.3) is 0 Å². The van der Waals surface area contributed by atoms with Gasteiger partial charge in [0.05, 0.1) is 5.60 Å². The molecule has 1 aliphatic rings. The number of aromatic nitrogens is 3. The van der Waals surface area contributed by atoms with Crippen molar-refractivity contribution in [2.75, 3.05) is 48.8 Å². The van der Waals surface area contributed by atoms with Crippen LogP contribution >= 0.6 is 0 Å². The summed E-state index contributed by atoms with van der Waals surface area (Å²) in [6, 6.07) is 0. The molecule has 0 radical (unpaired) electrons. The quantitative estimate of drug-likeness (QED) is 0.793. The van der Waals surface area contributed by atoms with Gasteiger partial charge >= 0.3 is 0 Å². The maximum Gasteiger partial charge on any atom is 0.231 e. The lowest BCUT2D eigenvalue weighted by molar-refractivity contribution is 0.0342. The Balaban J connectivity index is 2.14. The minimum Gasteiger partial charge on any atom is -0.377 e. The lowest BCUT2D eigenvalue weighted by Crippen LogP contribution is -2.33. The van der Waals surface area contributed by atoms with E-state index in [1.165, 1.54) is 12.8 Å². The molecule has 21 heavy (non-hydrogen) atoms. The molecule has 2 heterocycles. The Labute approximate surface area is 126 Å². The summed E-state index contributed by atoms with van der Waals surface area (Å²) in [5, 5.41) is 6.41. The largest absolute Gasteiger partial charge is 0.377 e. The van der Waals surface area contributed by atoms with E-state index in [1.54, 1.807) is 7.11 Å². The highest BCUT2D eigenvalue weighted by Crippen LogP contribution is 2.19. The number of methoxy groups -OCH3 is 1. The van der Waals surface area contributed by atoms with Crippen molar-refractivity contribution in [3.63, 3.8) is 0 Å². The summed E-state index contributed by atoms with van der Waals surface area (Å²) in [7, 11) is 1.70. The van der Waals surface area contributed by atoms with E-state index in [0.717, 1.165) is 25.6 Å². The first-order chi connectivity index (χ1) is 10.0. The van der Waals surface area contributed by atoms with Crippen LogP contribution in [0.3, 0.4) is 0 Å². The van der Waals surface area contributed by atoms with Gasteiger partial charge < -0.3 is 20.3 Å². The van der Waals surface area contributed by atoms with Gasteiger partial charge in [-0.2, -0.15) is 15.0 Å². The molecule has 1 aromatic heterocycles. The van der Waals surface area contributed by atoms with Crippen molar-refractivity contribution in [1.82, 2.24) is 15.0 Å². The summed E-state index contributed by atoms with van der Waals surface area (Å²) < 4.78 is 5.41. The number of hydrogen-bond acceptors (Lipinski definition) is 7. The Hall–Kier alpha value is -1.63. The van der Waals surface area contributed by atoms with E-state index in [0.29, 0.717) is 18.4 Å². The van der Waals surface area contributed by atoms with E-state index in [1.807, 2.05) is 20.8 Å². The van der Waals surface area contributed by atoms with Gasteiger partial charge in [-0.25, -0.2) is 0 Å². The van der Waals surface area contributed by atoms with Crippen molar-refractivity contribution in [3.8, 4) is 0 Å². The zero-order chi connectivity index (χ0) is 15.3. The highest BCUT2D eigenvalue weighted by Gasteiger charge is 2.19. The third-order valence-electron chi connectivity index (χ3n) is 3.57. The Morgan fingerprint density at radius 3 is 2.29 bits per heavy atom. The Bertz CT molecular complexity index is 459. The second-order valence-corrected chi connectivity index (χ2v) is 5.82. The predicted molar refractivity (Wildman–Crippen MR) is 85.0 cm³/mol. The fourth-order valence-corrected chi connectivity index (χ4v) is 2.10. The van der Waals surface area contributed by atoms with Crippen LogP contribution in [0, 0.1) is 0 Å². The summed E-state index contributed by atoms with van der Waals surface area (Å²) >= 11 is 0. The maximum atomic E-state index is 5.41. The Kier molecular flexibility index (Phi) is 5.17. The van der Waals surface area contributed by atoms with Crippen molar-refractivity contribution in [3.05, 3.63) is 0 Å². The molecular weight excluding hydrogens is 268 g/mol. The van der Waals surface area contributed by atoms with Crippen LogP contribution in [-0.4, -0.2) is 53.8 Å². The standard InChI is InChI=1S/C14H26N6O/c1-5-15-11-17-12(16-10-14(2,3)21-4)19-13(18-11)20-8-6-7-9-20/h5-10H2,1-4H3,(H2,15,16,17,18,19). The number of hydrogen-bond donors (Lipinski definition) is 2. The van der Waals surface area contributed by atoms with E-state index in [4.69, 9.17) is 4.74 Å². The molecule has 0 aliphatic carbocycles. The van der Waals surface area contributed by atoms with Crippen molar-refractivity contribution >= 4 is 17.8 Å². The Morgan fingerprint density at radius 2 is 1.71 bits per heavy atom. The van der Waals surface area contributed by atoms with Gasteiger partial charge in [0.1, 0.15) is 0 Å². The summed E-state index contributed by atoms with van der Waals surface area (Å²) in [5.74, 6) is 1.95. The molecule has 118 valence electrons. The normalized spacial score (nSPS) is 15.3. The number of nitrogens with one attached hydrogen (secondary N) is 2. The molecule has 1 aliphatic heterocycles. The van der Waals surface area contributed by atoms with Gasteiger partial charge in [-0.15, -0.1) is 0 Å². The lowest BCUT2D eigenvalue weighted by atomic mass is 10.1. The first-order valence-corrected chi connectivity index (χ1v) is 7.58. The monoisotopic (exact) mass is 294 g/mol. The predicted octanol–water partition coefficient (Wildman–Crippen LogP) is 1.74. The maximum absolute atomic E-state index is 5.41. The zero-order valence-electron chi connectivity index (χ0n) is 13.4. The van der Waals surface area contributed by atoms with Crippen molar-refractivity contribution < 1.29 is 4.74 Å². The molecule has 0 amide bonds. The summed E-state index contributed by atoms with van der Waals surface area (Å²) in [6.07, 6.45) is 2.39. The van der Waals surface area contributed by atoms with Crippen LogP contribution < -0.4 is 15.5 Å². The Morgan fingerprint density at radius 1 is 1.10 bits per heavy atom. The minimum absolute atomic E-state index is 0.265. The van der Waals surface area contributed by atoms with E-state index in [2.05, 4.69) is 30.5 Å². The molecule has 7 nitrogen and oxygen atoms in total. The van der Waals surface area contributed by atoms with E-state index in [-0.39, 0.29) is 5.60 Å². The summed E-state index contributed by atoms with van der Waals surface area (Å²) in [5.41, 5.74) is -0.265. The summed E-state index contributed by atoms with van der Waals surface area (Å²) in [4.78, 5) is 15.6. The third-order valence-corrected chi connectivity index (χ3v) is 3.57. The highest BCUT2D eigenvalue weighted by atomic mass is 16.5. The fourth-order valence-electron chi connectivity index (χ4n) is 2.10. The minimum atomic E-state index is -0.265. The van der Waals surface area contributed by atoms with Gasteiger partial charge in [-0.05, 0) is 33.6 Å². The van der Waals surface area contributed by atoms with Gasteiger partial charge in [0.15, 0.2) is 0 Å². The van der Waals surface area contributed by atoms with E-state index in [9.17, 15) is 0 Å². The highest BCUT2D eigenvalue weighted by molar-refractivity contribution is 5.44. The molecule has 1 saturated heterocycles. The molecule has 7 heteroatoms. The van der Waals surface area contributed by atoms with Crippen molar-refractivity contribution in [2.24, 2.45) is 0 Å². The molecule has 2 rings (SSSR count). The second-order valence-electron chi connectivity index (χ2n) is 5.82. The van der Waals surface area contributed by atoms with Crippen molar-refractivity contribution in [1.29, 1.82) is 0 Å². The molecule has 0 atom stereocenters. The van der Waals surface area contributed by atoms with Crippen molar-refractivity contribution in [2.45, 2.75) is 39.2 Å². The van der Waals surface area contributed by atoms with E-state index < -0.39 is 0 Å². The van der Waals surface area contributed by atoms with Gasteiger partial charge in [0.2, 0.25) is 17.8 Å². The molecule has 1 aromatic rings. The molecule has 1 fully saturated rings. The molecule has 0 spiro atoms. The molecule has 2 N–H and O–H groups in total. The first kappa shape index (κ1) is 15.8. The van der Waals surface area contributed by atoms with Gasteiger partial charge in [-0.1, -0.05) is 0 Å². The number of ether oxygens (including phenoxy) is 1. The first-order valence-electron chi connectivity index (χ1n) is 7.58. The van der Waals surface area contributed by atoms with Gasteiger partial charge in [0.25, 0.3) is 0 Å². The molecule has 0 aromatic carbocycles. The van der Waals surface area contributed by atoms with Gasteiger partial charge in [-0.3, -0.25) is 0 Å². The number of nitrogens with zero attached hydrogens (tertiary/aromatic N) is 4. The summed E-state index contributed by atoms with van der Waals surface area (Å²) in [6.45, 7) is 9.52. The average Bonchev–Trinajstić information content (AvgIpc) is 3.00. The fraction of sp³-hybridized carbons (Fsp3) is 0.786. The molecular formula is C14H26N6O. The average molecular weight is 294 g/mol. The van der Waals surface area contributed by atoms with Crippen LogP contribution in [0.5, 0.6) is 0 Å². The third kappa shape index (κ3) is 4.42. The number of anilines is 3. The topological polar surface area (TPSA) is 75.2 Å². The van der Waals surface area contributed by atoms with Crippen LogP contribution in [0.4, 0.5) is 17.8 Å². The van der Waals surface area contributed by atoms with Crippen LogP contribution in [0.1, 0.15) is 33.6 Å². The molecule has 0 unspecified atom stereocenters.